The molecular weight excluding hydrogens is 228 g/mol. The van der Waals surface area contributed by atoms with Gasteiger partial charge in [0.2, 0.25) is 0 Å². The molecule has 0 aromatic carbocycles. The van der Waals surface area contributed by atoms with Gasteiger partial charge < -0.3 is 5.32 Å². The first kappa shape index (κ1) is 11.9. The third-order valence-corrected chi connectivity index (χ3v) is 6.11. The number of nitrogens with one attached hydrogen (secondary N) is 1. The highest BCUT2D eigenvalue weighted by atomic mass is 32.2. The molecule has 0 aromatic rings. The summed E-state index contributed by atoms with van der Waals surface area (Å²) in [5, 5.41) is 4.89. The number of rotatable bonds is 1. The molecule has 1 heterocycles. The van der Waals surface area contributed by atoms with E-state index in [0.29, 0.717) is 11.0 Å². The van der Waals surface area contributed by atoms with Gasteiger partial charge in [0, 0.05) is 17.8 Å². The van der Waals surface area contributed by atoms with Crippen molar-refractivity contribution in [3.05, 3.63) is 0 Å². The van der Waals surface area contributed by atoms with Crippen LogP contribution in [0.3, 0.4) is 0 Å². The molecule has 3 aliphatic rings. The number of thioether (sulfide) groups is 1. The van der Waals surface area contributed by atoms with E-state index in [1.54, 1.807) is 0 Å². The Hall–Kier alpha value is -0.180. The normalized spacial score (nSPS) is 30.5. The first-order chi connectivity index (χ1) is 8.20. The Bertz CT molecular complexity index is 314. The lowest BCUT2D eigenvalue weighted by Gasteiger charge is -2.43. The van der Waals surface area contributed by atoms with Crippen molar-refractivity contribution in [2.75, 3.05) is 12.3 Å². The average molecular weight is 252 g/mol. The number of nitrogens with zero attached hydrogens (tertiary/aromatic N) is 1. The molecule has 1 N–H and O–H groups in total. The van der Waals surface area contributed by atoms with Crippen molar-refractivity contribution in [2.24, 2.45) is 10.4 Å². The zero-order valence-corrected chi connectivity index (χ0v) is 11.7. The molecule has 2 aliphatic carbocycles. The molecule has 2 saturated carbocycles. The van der Waals surface area contributed by atoms with Gasteiger partial charge in [-0.25, -0.2) is 0 Å². The first-order valence-corrected chi connectivity index (χ1v) is 8.14. The Morgan fingerprint density at radius 2 is 1.82 bits per heavy atom. The van der Waals surface area contributed by atoms with Crippen LogP contribution in [0.4, 0.5) is 0 Å². The highest BCUT2D eigenvalue weighted by Crippen LogP contribution is 2.42. The summed E-state index contributed by atoms with van der Waals surface area (Å²) in [5.41, 5.74) is 0.928. The minimum absolute atomic E-state index is 0.364. The number of hydrogen-bond acceptors (Lipinski definition) is 3. The van der Waals surface area contributed by atoms with E-state index in [-0.39, 0.29) is 0 Å². The Balaban J connectivity index is 1.59. The fourth-order valence-electron chi connectivity index (χ4n) is 3.32. The van der Waals surface area contributed by atoms with Crippen LogP contribution in [0.25, 0.3) is 0 Å². The summed E-state index contributed by atoms with van der Waals surface area (Å²) in [6, 6.07) is 0. The predicted octanol–water partition coefficient (Wildman–Crippen LogP) is 3.57. The van der Waals surface area contributed by atoms with E-state index in [2.05, 4.69) is 12.2 Å². The van der Waals surface area contributed by atoms with Crippen molar-refractivity contribution in [1.29, 1.82) is 0 Å². The van der Waals surface area contributed by atoms with Gasteiger partial charge in [-0.05, 0) is 44.4 Å². The lowest BCUT2D eigenvalue weighted by molar-refractivity contribution is 0.227. The molecule has 17 heavy (non-hydrogen) atoms. The minimum Gasteiger partial charge on any atom is -0.360 e. The molecule has 0 atom stereocenters. The Kier molecular flexibility index (Phi) is 3.14. The maximum atomic E-state index is 4.84. The second-order valence-corrected chi connectivity index (χ2v) is 7.47. The van der Waals surface area contributed by atoms with Gasteiger partial charge in [-0.2, -0.15) is 0 Å². The van der Waals surface area contributed by atoms with E-state index in [1.807, 2.05) is 11.8 Å². The molecule has 2 nitrogen and oxygen atoms in total. The molecule has 3 heteroatoms. The monoisotopic (exact) mass is 252 g/mol. The summed E-state index contributed by atoms with van der Waals surface area (Å²) in [4.78, 5) is 4.84. The standard InChI is InChI=1S/C14H24N2S/c1-13(6-5-7-13)16-12-15-10-14(11-17-12)8-3-2-4-9-14/h2-11H2,1H3,(H,15,16). The van der Waals surface area contributed by atoms with Gasteiger partial charge in [0.15, 0.2) is 5.17 Å². The summed E-state index contributed by atoms with van der Waals surface area (Å²) in [5.74, 6) is 1.30. The summed E-state index contributed by atoms with van der Waals surface area (Å²) in [6.45, 7) is 3.42. The quantitative estimate of drug-likeness (QED) is 0.771. The van der Waals surface area contributed by atoms with Crippen LogP contribution >= 0.6 is 11.8 Å². The van der Waals surface area contributed by atoms with Crippen LogP contribution in [-0.2, 0) is 0 Å². The summed E-state index contributed by atoms with van der Waals surface area (Å²) >= 11 is 1.98. The molecule has 0 radical (unpaired) electrons. The van der Waals surface area contributed by atoms with Crippen molar-refractivity contribution in [2.45, 2.75) is 63.8 Å². The van der Waals surface area contributed by atoms with Gasteiger partial charge in [-0.3, -0.25) is 4.99 Å². The average Bonchev–Trinajstić information content (AvgIpc) is 2.32. The van der Waals surface area contributed by atoms with Gasteiger partial charge in [0.05, 0.1) is 0 Å². The molecule has 1 spiro atoms. The van der Waals surface area contributed by atoms with Gasteiger partial charge in [0.1, 0.15) is 0 Å². The van der Waals surface area contributed by atoms with Crippen molar-refractivity contribution >= 4 is 16.9 Å². The Morgan fingerprint density at radius 3 is 2.35 bits per heavy atom. The van der Waals surface area contributed by atoms with Crippen LogP contribution in [0, 0.1) is 5.41 Å². The lowest BCUT2D eigenvalue weighted by Crippen LogP contribution is -2.51. The first-order valence-electron chi connectivity index (χ1n) is 7.15. The molecule has 0 aromatic heterocycles. The largest absolute Gasteiger partial charge is 0.360 e. The van der Waals surface area contributed by atoms with E-state index in [9.17, 15) is 0 Å². The summed E-state index contributed by atoms with van der Waals surface area (Å²) in [6.07, 6.45) is 11.1. The lowest BCUT2D eigenvalue weighted by atomic mass is 9.75. The molecule has 3 rings (SSSR count). The predicted molar refractivity (Wildman–Crippen MR) is 75.7 cm³/mol. The van der Waals surface area contributed by atoms with Crippen LogP contribution in [0.15, 0.2) is 4.99 Å². The van der Waals surface area contributed by atoms with Crippen LogP contribution in [0.1, 0.15) is 58.3 Å². The number of hydrogen-bond donors (Lipinski definition) is 1. The second kappa shape index (κ2) is 4.49. The minimum atomic E-state index is 0.364. The fourth-order valence-corrected chi connectivity index (χ4v) is 4.62. The zero-order chi connectivity index (χ0) is 11.8. The van der Waals surface area contributed by atoms with E-state index >= 15 is 0 Å². The topological polar surface area (TPSA) is 24.4 Å². The Morgan fingerprint density at radius 1 is 1.06 bits per heavy atom. The van der Waals surface area contributed by atoms with Crippen LogP contribution < -0.4 is 5.32 Å². The van der Waals surface area contributed by atoms with Crippen LogP contribution in [0.2, 0.25) is 0 Å². The molecule has 0 unspecified atom stereocenters. The molecule has 96 valence electrons. The second-order valence-electron chi connectivity index (χ2n) is 6.51. The smallest absolute Gasteiger partial charge is 0.157 e. The number of aliphatic imine (C=N–C) groups is 1. The SMILES string of the molecule is CC1(NC2=NCC3(CCCCC3)CS2)CCC1. The third-order valence-electron chi connectivity index (χ3n) is 4.85. The maximum absolute atomic E-state index is 4.84. The number of amidine groups is 1. The molecular formula is C14H24N2S. The van der Waals surface area contributed by atoms with Gasteiger partial charge in [-0.15, -0.1) is 0 Å². The van der Waals surface area contributed by atoms with Crippen LogP contribution in [-0.4, -0.2) is 23.0 Å². The van der Waals surface area contributed by atoms with Crippen molar-refractivity contribution in [3.8, 4) is 0 Å². The molecule has 0 bridgehead atoms. The third kappa shape index (κ3) is 2.49. The van der Waals surface area contributed by atoms with Crippen LogP contribution in [0.5, 0.6) is 0 Å². The Labute approximate surface area is 109 Å². The molecule has 2 fully saturated rings. The maximum Gasteiger partial charge on any atom is 0.157 e. The molecule has 0 saturated heterocycles. The van der Waals surface area contributed by atoms with E-state index < -0.39 is 0 Å². The van der Waals surface area contributed by atoms with Crippen molar-refractivity contribution < 1.29 is 0 Å². The summed E-state index contributed by atoms with van der Waals surface area (Å²) < 4.78 is 0. The molecule has 1 aliphatic heterocycles. The fraction of sp³-hybridized carbons (Fsp3) is 0.929. The molecule has 0 amide bonds. The van der Waals surface area contributed by atoms with Gasteiger partial charge >= 0.3 is 0 Å². The van der Waals surface area contributed by atoms with Gasteiger partial charge in [-0.1, -0.05) is 31.0 Å². The highest BCUT2D eigenvalue weighted by Gasteiger charge is 2.37. The van der Waals surface area contributed by atoms with E-state index in [1.165, 1.54) is 62.3 Å². The van der Waals surface area contributed by atoms with E-state index in [0.717, 1.165) is 6.54 Å². The van der Waals surface area contributed by atoms with E-state index in [4.69, 9.17) is 4.99 Å². The van der Waals surface area contributed by atoms with Crippen molar-refractivity contribution in [1.82, 2.24) is 5.32 Å². The zero-order valence-electron chi connectivity index (χ0n) is 10.9. The highest BCUT2D eigenvalue weighted by molar-refractivity contribution is 8.13. The summed E-state index contributed by atoms with van der Waals surface area (Å²) in [7, 11) is 0. The van der Waals surface area contributed by atoms with Gasteiger partial charge in [0.25, 0.3) is 0 Å². The van der Waals surface area contributed by atoms with Crippen molar-refractivity contribution in [3.63, 3.8) is 0 Å².